The average Bonchev–Trinajstić information content (AvgIpc) is 2.42. The minimum atomic E-state index is -3.67. The van der Waals surface area contributed by atoms with E-state index in [1.165, 1.54) is 12.1 Å². The lowest BCUT2D eigenvalue weighted by Gasteiger charge is -2.09. The largest absolute Gasteiger partial charge is 0.324 e. The maximum Gasteiger partial charge on any atom is 0.240 e. The molecular weight excluding hydrogens is 322 g/mol. The Labute approximate surface area is 135 Å². The van der Waals surface area contributed by atoms with Gasteiger partial charge in [0.25, 0.3) is 0 Å². The van der Waals surface area contributed by atoms with Crippen molar-refractivity contribution in [3.05, 3.63) is 58.6 Å². The molecule has 0 saturated carbocycles. The van der Waals surface area contributed by atoms with E-state index in [1.807, 2.05) is 13.8 Å². The molecule has 0 aliphatic rings. The van der Waals surface area contributed by atoms with Gasteiger partial charge in [-0.1, -0.05) is 35.4 Å². The summed E-state index contributed by atoms with van der Waals surface area (Å²) >= 11 is 6.02. The molecule has 2 aromatic carbocycles. The van der Waals surface area contributed by atoms with Crippen molar-refractivity contribution in [2.24, 2.45) is 0 Å². The number of halogens is 1. The van der Waals surface area contributed by atoms with Crippen molar-refractivity contribution < 1.29 is 13.2 Å². The average molecular weight is 338 g/mol. The molecule has 0 spiro atoms. The molecule has 1 amide bonds. The third-order valence-electron chi connectivity index (χ3n) is 3.10. The van der Waals surface area contributed by atoms with Gasteiger partial charge >= 0.3 is 0 Å². The standard InChI is InChI=1S/C16H16ClNO3S/c1-11-3-6-13(7-4-11)22(20,21)10-16(19)18-15-8-5-12(2)9-14(15)17/h3-9H,10H2,1-2H3,(H,18,19). The van der Waals surface area contributed by atoms with Gasteiger partial charge in [-0.3, -0.25) is 4.79 Å². The summed E-state index contributed by atoms with van der Waals surface area (Å²) < 4.78 is 24.4. The molecule has 0 atom stereocenters. The summed E-state index contributed by atoms with van der Waals surface area (Å²) in [6, 6.07) is 11.5. The Morgan fingerprint density at radius 1 is 1.05 bits per heavy atom. The van der Waals surface area contributed by atoms with Gasteiger partial charge in [0.1, 0.15) is 5.75 Å². The molecule has 0 bridgehead atoms. The first kappa shape index (κ1) is 16.5. The molecular formula is C16H16ClNO3S. The van der Waals surface area contributed by atoms with E-state index in [0.29, 0.717) is 10.7 Å². The molecule has 0 unspecified atom stereocenters. The van der Waals surface area contributed by atoms with Crippen LogP contribution < -0.4 is 5.32 Å². The molecule has 22 heavy (non-hydrogen) atoms. The Kier molecular flexibility index (Phi) is 4.88. The summed E-state index contributed by atoms with van der Waals surface area (Å²) in [4.78, 5) is 12.1. The molecule has 2 rings (SSSR count). The van der Waals surface area contributed by atoms with Gasteiger partial charge in [-0.05, 0) is 43.7 Å². The monoisotopic (exact) mass is 337 g/mol. The maximum atomic E-state index is 12.2. The number of hydrogen-bond donors (Lipinski definition) is 1. The number of sulfone groups is 1. The van der Waals surface area contributed by atoms with Crippen LogP contribution in [0, 0.1) is 13.8 Å². The highest BCUT2D eigenvalue weighted by Gasteiger charge is 2.19. The SMILES string of the molecule is Cc1ccc(S(=O)(=O)CC(=O)Nc2ccc(C)cc2Cl)cc1. The number of rotatable bonds is 4. The zero-order valence-corrected chi connectivity index (χ0v) is 13.8. The zero-order chi connectivity index (χ0) is 16.3. The Hall–Kier alpha value is -1.85. The maximum absolute atomic E-state index is 12.2. The highest BCUT2D eigenvalue weighted by molar-refractivity contribution is 7.92. The summed E-state index contributed by atoms with van der Waals surface area (Å²) in [5.41, 5.74) is 2.31. The Bertz CT molecular complexity index is 799. The fourth-order valence-electron chi connectivity index (χ4n) is 1.91. The van der Waals surface area contributed by atoms with E-state index < -0.39 is 21.5 Å². The first-order valence-electron chi connectivity index (χ1n) is 6.63. The lowest BCUT2D eigenvalue weighted by molar-refractivity contribution is -0.113. The fourth-order valence-corrected chi connectivity index (χ4v) is 3.33. The topological polar surface area (TPSA) is 63.2 Å². The van der Waals surface area contributed by atoms with Gasteiger partial charge in [0, 0.05) is 0 Å². The van der Waals surface area contributed by atoms with Crippen LogP contribution in [0.15, 0.2) is 47.4 Å². The Balaban J connectivity index is 2.12. The van der Waals surface area contributed by atoms with Gasteiger partial charge in [0.2, 0.25) is 5.91 Å². The summed E-state index contributed by atoms with van der Waals surface area (Å²) in [5, 5.41) is 2.90. The van der Waals surface area contributed by atoms with Crippen molar-refractivity contribution >= 4 is 33.0 Å². The summed E-state index contributed by atoms with van der Waals surface area (Å²) in [6.07, 6.45) is 0. The third kappa shape index (κ3) is 4.08. The van der Waals surface area contributed by atoms with E-state index in [2.05, 4.69) is 5.32 Å². The quantitative estimate of drug-likeness (QED) is 0.930. The molecule has 0 aliphatic carbocycles. The van der Waals surface area contributed by atoms with Crippen molar-refractivity contribution in [2.45, 2.75) is 18.7 Å². The molecule has 0 radical (unpaired) electrons. The molecule has 116 valence electrons. The van der Waals surface area contributed by atoms with Crippen molar-refractivity contribution in [1.82, 2.24) is 0 Å². The number of anilines is 1. The van der Waals surface area contributed by atoms with Crippen LogP contribution in [0.1, 0.15) is 11.1 Å². The summed E-state index contributed by atoms with van der Waals surface area (Å²) in [7, 11) is -3.67. The second-order valence-electron chi connectivity index (χ2n) is 5.10. The van der Waals surface area contributed by atoms with Crippen molar-refractivity contribution in [3.8, 4) is 0 Å². The molecule has 6 heteroatoms. The van der Waals surface area contributed by atoms with Gasteiger partial charge in [0.05, 0.1) is 15.6 Å². The molecule has 0 saturated heterocycles. The molecule has 1 N–H and O–H groups in total. The van der Waals surface area contributed by atoms with Gasteiger partial charge in [0.15, 0.2) is 9.84 Å². The first-order chi connectivity index (χ1) is 10.3. The Morgan fingerprint density at radius 3 is 2.23 bits per heavy atom. The predicted molar refractivity (Wildman–Crippen MR) is 88.1 cm³/mol. The van der Waals surface area contributed by atoms with Crippen LogP contribution in [0.5, 0.6) is 0 Å². The second-order valence-corrected chi connectivity index (χ2v) is 7.50. The van der Waals surface area contributed by atoms with E-state index in [-0.39, 0.29) is 4.90 Å². The van der Waals surface area contributed by atoms with Crippen LogP contribution in [-0.4, -0.2) is 20.1 Å². The number of carbonyl (C=O) groups excluding carboxylic acids is 1. The van der Waals surface area contributed by atoms with Crippen LogP contribution in [-0.2, 0) is 14.6 Å². The fraction of sp³-hybridized carbons (Fsp3) is 0.188. The zero-order valence-electron chi connectivity index (χ0n) is 12.3. The molecule has 0 aliphatic heterocycles. The van der Waals surface area contributed by atoms with Gasteiger partial charge in [-0.15, -0.1) is 0 Å². The molecule has 0 heterocycles. The minimum Gasteiger partial charge on any atom is -0.324 e. The molecule has 0 fully saturated rings. The summed E-state index contributed by atoms with van der Waals surface area (Å²) in [5.74, 6) is -1.24. The predicted octanol–water partition coefficient (Wildman–Crippen LogP) is 3.37. The number of carbonyl (C=O) groups is 1. The van der Waals surface area contributed by atoms with Crippen LogP contribution in [0.2, 0.25) is 5.02 Å². The highest BCUT2D eigenvalue weighted by atomic mass is 35.5. The molecule has 4 nitrogen and oxygen atoms in total. The number of amides is 1. The van der Waals surface area contributed by atoms with Gasteiger partial charge < -0.3 is 5.32 Å². The van der Waals surface area contributed by atoms with E-state index >= 15 is 0 Å². The summed E-state index contributed by atoms with van der Waals surface area (Å²) in [6.45, 7) is 3.74. The number of benzene rings is 2. The van der Waals surface area contributed by atoms with E-state index in [0.717, 1.165) is 11.1 Å². The Morgan fingerprint density at radius 2 is 1.64 bits per heavy atom. The first-order valence-corrected chi connectivity index (χ1v) is 8.66. The molecule has 0 aromatic heterocycles. The van der Waals surface area contributed by atoms with Gasteiger partial charge in [-0.25, -0.2) is 8.42 Å². The second kappa shape index (κ2) is 6.50. The number of hydrogen-bond acceptors (Lipinski definition) is 3. The van der Waals surface area contributed by atoms with Gasteiger partial charge in [-0.2, -0.15) is 0 Å². The smallest absolute Gasteiger partial charge is 0.240 e. The van der Waals surface area contributed by atoms with Crippen LogP contribution in [0.25, 0.3) is 0 Å². The van der Waals surface area contributed by atoms with Crippen LogP contribution in [0.3, 0.4) is 0 Å². The van der Waals surface area contributed by atoms with E-state index in [9.17, 15) is 13.2 Å². The lowest BCUT2D eigenvalue weighted by Crippen LogP contribution is -2.23. The number of nitrogens with one attached hydrogen (secondary N) is 1. The van der Waals surface area contributed by atoms with Crippen LogP contribution in [0.4, 0.5) is 5.69 Å². The van der Waals surface area contributed by atoms with Crippen molar-refractivity contribution in [3.63, 3.8) is 0 Å². The number of aryl methyl sites for hydroxylation is 2. The van der Waals surface area contributed by atoms with Crippen molar-refractivity contribution in [1.29, 1.82) is 0 Å². The van der Waals surface area contributed by atoms with E-state index in [1.54, 1.807) is 30.3 Å². The van der Waals surface area contributed by atoms with E-state index in [4.69, 9.17) is 11.6 Å². The lowest BCUT2D eigenvalue weighted by atomic mass is 10.2. The van der Waals surface area contributed by atoms with Crippen molar-refractivity contribution in [2.75, 3.05) is 11.1 Å². The third-order valence-corrected chi connectivity index (χ3v) is 5.05. The highest BCUT2D eigenvalue weighted by Crippen LogP contribution is 2.23. The van der Waals surface area contributed by atoms with Crippen LogP contribution >= 0.6 is 11.6 Å². The minimum absolute atomic E-state index is 0.128. The molecule has 2 aromatic rings. The normalized spacial score (nSPS) is 11.2.